The van der Waals surface area contributed by atoms with Crippen LogP contribution in [0.5, 0.6) is 0 Å². The monoisotopic (exact) mass is 227 g/mol. The molecule has 0 aromatic heterocycles. The van der Waals surface area contributed by atoms with Gasteiger partial charge in [0, 0.05) is 25.1 Å². The molecule has 16 heavy (non-hydrogen) atoms. The van der Waals surface area contributed by atoms with Crippen LogP contribution in [0.4, 0.5) is 0 Å². The van der Waals surface area contributed by atoms with Crippen molar-refractivity contribution in [3.05, 3.63) is 12.2 Å². The second-order valence-corrected chi connectivity index (χ2v) is 3.09. The molecule has 1 heterocycles. The number of esters is 2. The van der Waals surface area contributed by atoms with Crippen LogP contribution in [0, 0.1) is 0 Å². The molecule has 0 bridgehead atoms. The molecule has 1 amide bonds. The van der Waals surface area contributed by atoms with E-state index in [1.54, 1.807) is 6.92 Å². The summed E-state index contributed by atoms with van der Waals surface area (Å²) in [4.78, 5) is 33.1. The molecule has 6 nitrogen and oxygen atoms in total. The fourth-order valence-electron chi connectivity index (χ4n) is 1.19. The summed E-state index contributed by atoms with van der Waals surface area (Å²) in [6, 6.07) is 0. The van der Waals surface area contributed by atoms with Crippen molar-refractivity contribution in [1.29, 1.82) is 0 Å². The number of hydrogen-bond acceptors (Lipinski definition) is 5. The molecular weight excluding hydrogens is 214 g/mol. The number of ether oxygens (including phenoxy) is 2. The zero-order chi connectivity index (χ0) is 12.0. The van der Waals surface area contributed by atoms with Crippen molar-refractivity contribution in [2.24, 2.45) is 0 Å². The van der Waals surface area contributed by atoms with Crippen LogP contribution in [0.15, 0.2) is 12.2 Å². The van der Waals surface area contributed by atoms with E-state index in [-0.39, 0.29) is 12.5 Å². The number of hydrogen-bond donors (Lipinski definition) is 1. The number of amides is 1. The summed E-state index contributed by atoms with van der Waals surface area (Å²) in [5.74, 6) is -1.65. The summed E-state index contributed by atoms with van der Waals surface area (Å²) in [5, 5.41) is 2.53. The standard InChI is InChI=1S/C10H13NO5/c1-2-15-8(12)3-4-9(13)16-7-5-6-11-10(7)14/h3-4,7H,2,5-6H2,1H3,(H,11,14)/b4-3+. The lowest BCUT2D eigenvalue weighted by Gasteiger charge is -2.06. The average molecular weight is 227 g/mol. The summed E-state index contributed by atoms with van der Waals surface area (Å²) in [7, 11) is 0. The molecule has 1 unspecified atom stereocenters. The van der Waals surface area contributed by atoms with Gasteiger partial charge in [-0.25, -0.2) is 9.59 Å². The molecule has 0 aliphatic carbocycles. The summed E-state index contributed by atoms with van der Waals surface area (Å²) in [6.07, 6.45) is 1.62. The Morgan fingerprint density at radius 2 is 2.12 bits per heavy atom. The summed E-state index contributed by atoms with van der Waals surface area (Å²) in [5.41, 5.74) is 0. The van der Waals surface area contributed by atoms with Crippen molar-refractivity contribution in [3.8, 4) is 0 Å². The van der Waals surface area contributed by atoms with Crippen LogP contribution in [0.2, 0.25) is 0 Å². The van der Waals surface area contributed by atoms with E-state index in [0.717, 1.165) is 12.2 Å². The van der Waals surface area contributed by atoms with Crippen LogP contribution >= 0.6 is 0 Å². The lowest BCUT2D eigenvalue weighted by molar-refractivity contribution is -0.149. The fraction of sp³-hybridized carbons (Fsp3) is 0.500. The molecule has 88 valence electrons. The lowest BCUT2D eigenvalue weighted by Crippen LogP contribution is -2.27. The maximum atomic E-state index is 11.2. The van der Waals surface area contributed by atoms with Crippen LogP contribution in [-0.4, -0.2) is 37.1 Å². The first-order chi connectivity index (χ1) is 7.63. The molecule has 1 atom stereocenters. The minimum absolute atomic E-state index is 0.239. The molecular formula is C10H13NO5. The van der Waals surface area contributed by atoms with Gasteiger partial charge in [0.15, 0.2) is 6.10 Å². The lowest BCUT2D eigenvalue weighted by atomic mass is 10.3. The van der Waals surface area contributed by atoms with E-state index in [9.17, 15) is 14.4 Å². The zero-order valence-electron chi connectivity index (χ0n) is 8.89. The van der Waals surface area contributed by atoms with Gasteiger partial charge in [0.25, 0.3) is 5.91 Å². The van der Waals surface area contributed by atoms with E-state index >= 15 is 0 Å². The van der Waals surface area contributed by atoms with Crippen LogP contribution < -0.4 is 5.32 Å². The Morgan fingerprint density at radius 3 is 2.69 bits per heavy atom. The highest BCUT2D eigenvalue weighted by atomic mass is 16.5. The third kappa shape index (κ3) is 3.72. The number of carbonyl (C=O) groups excluding carboxylic acids is 3. The number of rotatable bonds is 4. The van der Waals surface area contributed by atoms with E-state index < -0.39 is 18.0 Å². The number of nitrogens with one attached hydrogen (secondary N) is 1. The molecule has 0 radical (unpaired) electrons. The highest BCUT2D eigenvalue weighted by Crippen LogP contribution is 2.05. The van der Waals surface area contributed by atoms with Gasteiger partial charge in [0.05, 0.1) is 6.61 Å². The van der Waals surface area contributed by atoms with Gasteiger partial charge in [0.2, 0.25) is 0 Å². The first-order valence-corrected chi connectivity index (χ1v) is 4.96. The Hall–Kier alpha value is -1.85. The highest BCUT2D eigenvalue weighted by molar-refractivity contribution is 5.93. The highest BCUT2D eigenvalue weighted by Gasteiger charge is 2.26. The van der Waals surface area contributed by atoms with Crippen LogP contribution in [-0.2, 0) is 23.9 Å². The van der Waals surface area contributed by atoms with Gasteiger partial charge in [-0.05, 0) is 6.92 Å². The molecule has 0 aromatic carbocycles. The van der Waals surface area contributed by atoms with Crippen molar-refractivity contribution in [1.82, 2.24) is 5.32 Å². The normalized spacial score (nSPS) is 19.6. The third-order valence-corrected chi connectivity index (χ3v) is 1.90. The molecule has 1 saturated heterocycles. The van der Waals surface area contributed by atoms with Crippen LogP contribution in [0.25, 0.3) is 0 Å². The van der Waals surface area contributed by atoms with Gasteiger partial charge in [-0.3, -0.25) is 4.79 Å². The van der Waals surface area contributed by atoms with Crippen molar-refractivity contribution in [2.45, 2.75) is 19.4 Å². The summed E-state index contributed by atoms with van der Waals surface area (Å²) < 4.78 is 9.38. The van der Waals surface area contributed by atoms with Crippen molar-refractivity contribution >= 4 is 17.8 Å². The maximum Gasteiger partial charge on any atom is 0.331 e. The molecule has 0 aromatic rings. The predicted molar refractivity (Wildman–Crippen MR) is 53.3 cm³/mol. The van der Waals surface area contributed by atoms with Crippen molar-refractivity contribution in [2.75, 3.05) is 13.2 Å². The summed E-state index contributed by atoms with van der Waals surface area (Å²) >= 11 is 0. The van der Waals surface area contributed by atoms with Gasteiger partial charge in [-0.15, -0.1) is 0 Å². The molecule has 1 N–H and O–H groups in total. The summed E-state index contributed by atoms with van der Waals surface area (Å²) in [6.45, 7) is 2.40. The topological polar surface area (TPSA) is 81.7 Å². The van der Waals surface area contributed by atoms with Crippen LogP contribution in [0.3, 0.4) is 0 Å². The third-order valence-electron chi connectivity index (χ3n) is 1.90. The van der Waals surface area contributed by atoms with Crippen LogP contribution in [0.1, 0.15) is 13.3 Å². The second-order valence-electron chi connectivity index (χ2n) is 3.09. The fourth-order valence-corrected chi connectivity index (χ4v) is 1.19. The molecule has 1 aliphatic heterocycles. The zero-order valence-corrected chi connectivity index (χ0v) is 8.89. The Morgan fingerprint density at radius 1 is 1.44 bits per heavy atom. The minimum Gasteiger partial charge on any atom is -0.463 e. The Bertz CT molecular complexity index is 323. The molecule has 6 heteroatoms. The molecule has 0 saturated carbocycles. The smallest absolute Gasteiger partial charge is 0.331 e. The van der Waals surface area contributed by atoms with E-state index in [4.69, 9.17) is 4.74 Å². The molecule has 0 spiro atoms. The minimum atomic E-state index is -0.751. The Kier molecular flexibility index (Phi) is 4.50. The molecule has 1 aliphatic rings. The Labute approximate surface area is 92.6 Å². The SMILES string of the molecule is CCOC(=O)/C=C/C(=O)OC1CCNC1=O. The first kappa shape index (κ1) is 12.2. The van der Waals surface area contributed by atoms with Gasteiger partial charge in [0.1, 0.15) is 0 Å². The maximum absolute atomic E-state index is 11.2. The largest absolute Gasteiger partial charge is 0.463 e. The van der Waals surface area contributed by atoms with Crippen molar-refractivity contribution < 1.29 is 23.9 Å². The average Bonchev–Trinajstić information content (AvgIpc) is 2.62. The van der Waals surface area contributed by atoms with Gasteiger partial charge in [-0.1, -0.05) is 0 Å². The van der Waals surface area contributed by atoms with Gasteiger partial charge in [-0.2, -0.15) is 0 Å². The van der Waals surface area contributed by atoms with Crippen molar-refractivity contribution in [3.63, 3.8) is 0 Å². The quantitative estimate of drug-likeness (QED) is 0.519. The van der Waals surface area contributed by atoms with E-state index in [1.807, 2.05) is 0 Å². The Balaban J connectivity index is 2.35. The first-order valence-electron chi connectivity index (χ1n) is 4.96. The predicted octanol–water partition coefficient (Wildman–Crippen LogP) is -0.463. The van der Waals surface area contributed by atoms with E-state index in [2.05, 4.69) is 10.1 Å². The molecule has 1 rings (SSSR count). The van der Waals surface area contributed by atoms with Gasteiger partial charge >= 0.3 is 11.9 Å². The van der Waals surface area contributed by atoms with Gasteiger partial charge < -0.3 is 14.8 Å². The number of carbonyl (C=O) groups is 3. The van der Waals surface area contributed by atoms with E-state index in [0.29, 0.717) is 13.0 Å². The van der Waals surface area contributed by atoms with E-state index in [1.165, 1.54) is 0 Å². The molecule has 1 fully saturated rings. The second kappa shape index (κ2) is 5.89.